The predicted molar refractivity (Wildman–Crippen MR) is 109 cm³/mol. The van der Waals surface area contributed by atoms with Crippen molar-refractivity contribution >= 4 is 27.9 Å². The van der Waals surface area contributed by atoms with Crippen molar-refractivity contribution in [3.63, 3.8) is 0 Å². The van der Waals surface area contributed by atoms with Crippen LogP contribution in [-0.4, -0.2) is 50.1 Å². The summed E-state index contributed by atoms with van der Waals surface area (Å²) in [5.74, 6) is 0.842. The molecule has 142 valence electrons. The molecular weight excluding hydrogens is 360 g/mol. The maximum atomic E-state index is 12.2. The van der Waals surface area contributed by atoms with Gasteiger partial charge in [0.15, 0.2) is 0 Å². The molecule has 7 heteroatoms. The molecule has 2 aromatic rings. The number of hydrogen-bond acceptors (Lipinski definition) is 6. The highest BCUT2D eigenvalue weighted by molar-refractivity contribution is 7.14. The number of hydrogen-bond donors (Lipinski definition) is 1. The van der Waals surface area contributed by atoms with Gasteiger partial charge in [0.25, 0.3) is 0 Å². The number of rotatable bonds is 7. The Kier molecular flexibility index (Phi) is 6.32. The number of anilines is 2. The van der Waals surface area contributed by atoms with Gasteiger partial charge in [0.1, 0.15) is 22.9 Å². The van der Waals surface area contributed by atoms with E-state index < -0.39 is 0 Å². The Morgan fingerprint density at radius 3 is 3.04 bits per heavy atom. The normalized spacial score (nSPS) is 15.8. The van der Waals surface area contributed by atoms with Crippen LogP contribution in [0.4, 0.5) is 10.7 Å². The van der Waals surface area contributed by atoms with E-state index >= 15 is 0 Å². The molecule has 1 atom stereocenters. The number of ether oxygens (including phenoxy) is 1. The van der Waals surface area contributed by atoms with Crippen LogP contribution in [0.5, 0.6) is 5.75 Å². The van der Waals surface area contributed by atoms with Gasteiger partial charge >= 0.3 is 0 Å². The Morgan fingerprint density at radius 2 is 2.26 bits per heavy atom. The number of para-hydroxylation sites is 2. The number of thiophene rings is 1. The Bertz CT molecular complexity index is 829. The molecule has 1 aromatic carbocycles. The van der Waals surface area contributed by atoms with Crippen LogP contribution in [0.3, 0.4) is 0 Å². The van der Waals surface area contributed by atoms with Crippen LogP contribution >= 0.6 is 11.3 Å². The van der Waals surface area contributed by atoms with Crippen LogP contribution in [0.1, 0.15) is 18.9 Å². The number of fused-ring (bicyclic) bond motifs is 1. The first kappa shape index (κ1) is 19.2. The molecule has 0 spiro atoms. The van der Waals surface area contributed by atoms with E-state index in [1.165, 1.54) is 11.3 Å². The topological polar surface area (TPSA) is 68.6 Å². The molecule has 0 fully saturated rings. The number of amides is 1. The van der Waals surface area contributed by atoms with Gasteiger partial charge in [0.2, 0.25) is 5.91 Å². The fraction of sp³-hybridized carbons (Fsp3) is 0.400. The van der Waals surface area contributed by atoms with Gasteiger partial charge < -0.3 is 19.9 Å². The van der Waals surface area contributed by atoms with Crippen LogP contribution in [-0.2, 0) is 4.79 Å². The quantitative estimate of drug-likeness (QED) is 0.794. The second-order valence-corrected chi connectivity index (χ2v) is 7.50. The van der Waals surface area contributed by atoms with Gasteiger partial charge in [-0.3, -0.25) is 4.79 Å². The molecule has 1 aliphatic heterocycles. The zero-order valence-electron chi connectivity index (χ0n) is 15.6. The minimum Gasteiger partial charge on any atom is -0.485 e. The molecule has 6 nitrogen and oxygen atoms in total. The summed E-state index contributed by atoms with van der Waals surface area (Å²) >= 11 is 1.37. The molecule has 0 bridgehead atoms. The van der Waals surface area contributed by atoms with Crippen molar-refractivity contribution in [2.75, 3.05) is 43.4 Å². The lowest BCUT2D eigenvalue weighted by molar-refractivity contribution is -0.116. The van der Waals surface area contributed by atoms with Crippen LogP contribution in [0, 0.1) is 11.3 Å². The molecule has 0 saturated heterocycles. The number of nitriles is 1. The van der Waals surface area contributed by atoms with Crippen molar-refractivity contribution in [2.45, 2.75) is 19.4 Å². The lowest BCUT2D eigenvalue weighted by Gasteiger charge is -2.37. The van der Waals surface area contributed by atoms with Gasteiger partial charge in [-0.05, 0) is 37.6 Å². The van der Waals surface area contributed by atoms with E-state index in [9.17, 15) is 4.79 Å². The largest absolute Gasteiger partial charge is 0.485 e. The van der Waals surface area contributed by atoms with E-state index in [1.54, 1.807) is 11.4 Å². The van der Waals surface area contributed by atoms with Crippen LogP contribution in [0.15, 0.2) is 35.7 Å². The van der Waals surface area contributed by atoms with Crippen molar-refractivity contribution in [2.24, 2.45) is 0 Å². The molecule has 2 heterocycles. The first-order valence-corrected chi connectivity index (χ1v) is 9.95. The number of likely N-dealkylation sites (N-methyl/N-ethyl adjacent to an activating group) is 2. The van der Waals surface area contributed by atoms with Crippen molar-refractivity contribution < 1.29 is 9.53 Å². The van der Waals surface area contributed by atoms with E-state index in [2.05, 4.69) is 34.2 Å². The second kappa shape index (κ2) is 8.89. The summed E-state index contributed by atoms with van der Waals surface area (Å²) in [6.45, 7) is 5.30. The summed E-state index contributed by atoms with van der Waals surface area (Å²) in [5, 5.41) is 14.3. The van der Waals surface area contributed by atoms with Gasteiger partial charge in [-0.2, -0.15) is 5.26 Å². The number of benzene rings is 1. The molecule has 27 heavy (non-hydrogen) atoms. The van der Waals surface area contributed by atoms with Crippen LogP contribution in [0.2, 0.25) is 0 Å². The Morgan fingerprint density at radius 1 is 1.44 bits per heavy atom. The summed E-state index contributed by atoms with van der Waals surface area (Å²) in [6, 6.07) is 11.9. The number of carbonyl (C=O) groups is 1. The summed E-state index contributed by atoms with van der Waals surface area (Å²) < 4.78 is 6.14. The molecule has 0 radical (unpaired) electrons. The smallest absolute Gasteiger partial charge is 0.226 e. The van der Waals surface area contributed by atoms with Gasteiger partial charge in [-0.25, -0.2) is 0 Å². The standard InChI is InChI=1S/C20H24N4O2S/c1-3-24-14-16(26-18-7-5-4-6-17(18)24)13-23(2)10-8-19(25)22-20-15(12-21)9-11-27-20/h4-7,9,11,16H,3,8,10,13-14H2,1-2H3,(H,22,25). The third-order valence-corrected chi connectivity index (χ3v) is 5.41. The predicted octanol–water partition coefficient (Wildman–Crippen LogP) is 3.17. The average Bonchev–Trinajstić information content (AvgIpc) is 3.12. The molecule has 0 aliphatic carbocycles. The SMILES string of the molecule is CCN1CC(CN(C)CCC(=O)Nc2sccc2C#N)Oc2ccccc21. The molecule has 1 unspecified atom stereocenters. The molecule has 1 aromatic heterocycles. The molecule has 1 N–H and O–H groups in total. The Hall–Kier alpha value is -2.56. The zero-order chi connectivity index (χ0) is 19.2. The number of nitrogens with zero attached hydrogens (tertiary/aromatic N) is 3. The van der Waals surface area contributed by atoms with Crippen molar-refractivity contribution in [3.05, 3.63) is 41.3 Å². The summed E-state index contributed by atoms with van der Waals surface area (Å²) in [7, 11) is 2.00. The fourth-order valence-electron chi connectivity index (χ4n) is 3.19. The Balaban J connectivity index is 1.49. The summed E-state index contributed by atoms with van der Waals surface area (Å²) in [5.41, 5.74) is 1.65. The minimum absolute atomic E-state index is 0.0652. The second-order valence-electron chi connectivity index (χ2n) is 6.58. The van der Waals surface area contributed by atoms with Gasteiger partial charge in [0, 0.05) is 26.1 Å². The molecule has 3 rings (SSSR count). The molecule has 1 amide bonds. The third kappa shape index (κ3) is 4.79. The zero-order valence-corrected chi connectivity index (χ0v) is 16.5. The first-order chi connectivity index (χ1) is 13.1. The Labute approximate surface area is 164 Å². The summed E-state index contributed by atoms with van der Waals surface area (Å²) in [6.07, 6.45) is 0.440. The highest BCUT2D eigenvalue weighted by Gasteiger charge is 2.25. The highest BCUT2D eigenvalue weighted by atomic mass is 32.1. The van der Waals surface area contributed by atoms with E-state index in [1.807, 2.05) is 25.2 Å². The molecule has 0 saturated carbocycles. The lowest BCUT2D eigenvalue weighted by atomic mass is 10.2. The highest BCUT2D eigenvalue weighted by Crippen LogP contribution is 2.32. The van der Waals surface area contributed by atoms with E-state index in [0.717, 1.165) is 31.1 Å². The third-order valence-electron chi connectivity index (χ3n) is 4.58. The minimum atomic E-state index is -0.0779. The molecule has 1 aliphatic rings. The maximum absolute atomic E-state index is 12.2. The number of carbonyl (C=O) groups excluding carboxylic acids is 1. The first-order valence-electron chi connectivity index (χ1n) is 9.07. The number of nitrogens with one attached hydrogen (secondary N) is 1. The van der Waals surface area contributed by atoms with Gasteiger partial charge in [-0.15, -0.1) is 11.3 Å². The average molecular weight is 385 g/mol. The van der Waals surface area contributed by atoms with Gasteiger partial charge in [-0.1, -0.05) is 12.1 Å². The van der Waals surface area contributed by atoms with Crippen LogP contribution in [0.25, 0.3) is 0 Å². The van der Waals surface area contributed by atoms with Crippen molar-refractivity contribution in [1.29, 1.82) is 5.26 Å². The lowest BCUT2D eigenvalue weighted by Crippen LogP contribution is -2.46. The van der Waals surface area contributed by atoms with Gasteiger partial charge in [0.05, 0.1) is 17.8 Å². The van der Waals surface area contributed by atoms with E-state index in [-0.39, 0.29) is 12.0 Å². The fourth-order valence-corrected chi connectivity index (χ4v) is 3.94. The molecular formula is C20H24N4O2S. The van der Waals surface area contributed by atoms with Crippen molar-refractivity contribution in [1.82, 2.24) is 4.90 Å². The summed E-state index contributed by atoms with van der Waals surface area (Å²) in [4.78, 5) is 16.6. The maximum Gasteiger partial charge on any atom is 0.226 e. The van der Waals surface area contributed by atoms with E-state index in [4.69, 9.17) is 10.00 Å². The van der Waals surface area contributed by atoms with E-state index in [0.29, 0.717) is 23.5 Å². The van der Waals surface area contributed by atoms with Crippen LogP contribution < -0.4 is 15.0 Å². The monoisotopic (exact) mass is 384 g/mol. The van der Waals surface area contributed by atoms with Crippen molar-refractivity contribution in [3.8, 4) is 11.8 Å².